The first-order valence-corrected chi connectivity index (χ1v) is 6.66. The summed E-state index contributed by atoms with van der Waals surface area (Å²) in [6.45, 7) is 2.89. The first kappa shape index (κ1) is 11.5. The van der Waals surface area contributed by atoms with Gasteiger partial charge in [-0.25, -0.2) is 0 Å². The average Bonchev–Trinajstić information content (AvgIpc) is 2.83. The van der Waals surface area contributed by atoms with E-state index in [0.717, 1.165) is 35.2 Å². The summed E-state index contributed by atoms with van der Waals surface area (Å²) in [5.74, 6) is 0.754. The second-order valence-corrected chi connectivity index (χ2v) is 4.92. The third-order valence-electron chi connectivity index (χ3n) is 3.72. The van der Waals surface area contributed by atoms with Crippen LogP contribution in [0.2, 0.25) is 0 Å². The van der Waals surface area contributed by atoms with Crippen molar-refractivity contribution in [1.82, 2.24) is 10.1 Å². The molecule has 0 amide bonds. The number of benzene rings is 1. The maximum atomic E-state index is 12.0. The summed E-state index contributed by atoms with van der Waals surface area (Å²) in [4.78, 5) is 5.96. The van der Waals surface area contributed by atoms with Gasteiger partial charge in [0.15, 0.2) is 0 Å². The van der Waals surface area contributed by atoms with Gasteiger partial charge in [-0.05, 0) is 22.4 Å². The van der Waals surface area contributed by atoms with Crippen molar-refractivity contribution < 1.29 is 9.58 Å². The highest BCUT2D eigenvalue weighted by atomic mass is 16.5. The molecule has 102 valence electrons. The van der Waals surface area contributed by atoms with Crippen molar-refractivity contribution in [2.45, 2.75) is 0 Å². The van der Waals surface area contributed by atoms with Crippen LogP contribution in [0.25, 0.3) is 21.8 Å². The Balaban J connectivity index is 1.94. The minimum absolute atomic E-state index is 0.599. The summed E-state index contributed by atoms with van der Waals surface area (Å²) in [6, 6.07) is 7.85. The number of nitrogens with zero attached hydrogens (tertiary/aromatic N) is 3. The van der Waals surface area contributed by atoms with Crippen molar-refractivity contribution >= 4 is 27.6 Å². The number of H-pyrrole nitrogens is 1. The summed E-state index contributed by atoms with van der Waals surface area (Å²) < 4.78 is 5.35. The number of hydrogen-bond acceptors (Lipinski definition) is 4. The van der Waals surface area contributed by atoms with Crippen LogP contribution in [0.15, 0.2) is 30.5 Å². The summed E-state index contributed by atoms with van der Waals surface area (Å²) >= 11 is 0. The van der Waals surface area contributed by atoms with Crippen LogP contribution in [-0.2, 0) is 4.74 Å². The topological polar surface area (TPSA) is 68.1 Å². The zero-order chi connectivity index (χ0) is 13.5. The molecule has 6 heteroatoms. The van der Waals surface area contributed by atoms with Crippen molar-refractivity contribution in [3.63, 3.8) is 0 Å². The monoisotopic (exact) mass is 270 g/mol. The standard InChI is InChI=1S/C14H14N4O2/c19-18-13-9-12-10(2-1-3-15-12)8-11(13)14(16-18)17-4-6-20-7-5-17/h1-3,8-9,15H,4-7H2. The van der Waals surface area contributed by atoms with Gasteiger partial charge in [-0.2, -0.15) is 0 Å². The second-order valence-electron chi connectivity index (χ2n) is 4.92. The van der Waals surface area contributed by atoms with Crippen LogP contribution in [0.4, 0.5) is 5.82 Å². The fourth-order valence-corrected chi connectivity index (χ4v) is 2.70. The van der Waals surface area contributed by atoms with Gasteiger partial charge in [0.25, 0.3) is 5.52 Å². The van der Waals surface area contributed by atoms with E-state index >= 15 is 0 Å². The quantitative estimate of drug-likeness (QED) is 0.532. The largest absolute Gasteiger partial charge is 0.594 e. The molecule has 0 saturated carbocycles. The lowest BCUT2D eigenvalue weighted by Gasteiger charge is -2.25. The molecule has 1 aromatic carbocycles. The van der Waals surface area contributed by atoms with Gasteiger partial charge in [-0.1, -0.05) is 6.07 Å². The van der Waals surface area contributed by atoms with Gasteiger partial charge in [0.05, 0.1) is 24.1 Å². The maximum Gasteiger partial charge on any atom is 0.258 e. The number of hydrogen-bond donors (Lipinski definition) is 1. The second kappa shape index (κ2) is 4.35. The molecule has 0 unspecified atom stereocenters. The molecule has 0 aliphatic carbocycles. The Morgan fingerprint density at radius 2 is 2.15 bits per heavy atom. The molecule has 3 aromatic rings. The fraction of sp³-hybridized carbons (Fsp3) is 0.286. The lowest BCUT2D eigenvalue weighted by atomic mass is 10.1. The van der Waals surface area contributed by atoms with Crippen molar-refractivity contribution in [1.29, 1.82) is 0 Å². The molecule has 1 aliphatic heterocycles. The van der Waals surface area contributed by atoms with E-state index in [2.05, 4.69) is 15.0 Å². The van der Waals surface area contributed by atoms with Crippen molar-refractivity contribution in [2.24, 2.45) is 0 Å². The molecule has 1 N–H and O–H groups in total. The van der Waals surface area contributed by atoms with E-state index in [9.17, 15) is 5.21 Å². The highest BCUT2D eigenvalue weighted by molar-refractivity contribution is 5.98. The SMILES string of the molecule is [O-][n+]1nc(N2CCOCC2)c2cc3ccc[nH]c3cc21. The Morgan fingerprint density at radius 3 is 3.00 bits per heavy atom. The smallest absolute Gasteiger partial charge is 0.258 e. The van der Waals surface area contributed by atoms with Crippen LogP contribution in [0.5, 0.6) is 0 Å². The third kappa shape index (κ3) is 1.69. The number of anilines is 1. The van der Waals surface area contributed by atoms with E-state index in [1.54, 1.807) is 0 Å². The molecule has 0 spiro atoms. The van der Waals surface area contributed by atoms with Gasteiger partial charge in [0.2, 0.25) is 5.82 Å². The molecule has 1 saturated heterocycles. The van der Waals surface area contributed by atoms with E-state index in [4.69, 9.17) is 4.74 Å². The summed E-state index contributed by atoms with van der Waals surface area (Å²) in [5, 5.41) is 18.1. The Bertz CT molecular complexity index is 777. The fourth-order valence-electron chi connectivity index (χ4n) is 2.70. The highest BCUT2D eigenvalue weighted by Crippen LogP contribution is 2.27. The van der Waals surface area contributed by atoms with E-state index in [-0.39, 0.29) is 0 Å². The Morgan fingerprint density at radius 1 is 1.30 bits per heavy atom. The van der Waals surface area contributed by atoms with E-state index in [1.807, 2.05) is 30.5 Å². The molecule has 6 nitrogen and oxygen atoms in total. The first-order chi connectivity index (χ1) is 9.83. The van der Waals surface area contributed by atoms with Crippen LogP contribution in [0, 0.1) is 5.21 Å². The number of fused-ring (bicyclic) bond motifs is 2. The van der Waals surface area contributed by atoms with E-state index in [0.29, 0.717) is 23.6 Å². The molecule has 1 aliphatic rings. The Labute approximate surface area is 115 Å². The minimum Gasteiger partial charge on any atom is -0.594 e. The summed E-state index contributed by atoms with van der Waals surface area (Å²) in [6.07, 6.45) is 1.85. The van der Waals surface area contributed by atoms with Crippen LogP contribution in [-0.4, -0.2) is 36.4 Å². The number of rotatable bonds is 1. The Kier molecular flexibility index (Phi) is 2.50. The maximum absolute atomic E-state index is 12.0. The van der Waals surface area contributed by atoms with Crippen LogP contribution >= 0.6 is 0 Å². The number of aromatic amines is 1. The van der Waals surface area contributed by atoms with Gasteiger partial charge >= 0.3 is 0 Å². The zero-order valence-electron chi connectivity index (χ0n) is 10.9. The van der Waals surface area contributed by atoms with Gasteiger partial charge in [0, 0.05) is 30.5 Å². The molecule has 0 bridgehead atoms. The first-order valence-electron chi connectivity index (χ1n) is 6.66. The summed E-state index contributed by atoms with van der Waals surface area (Å²) in [5.41, 5.74) is 1.53. The normalized spacial score (nSPS) is 16.1. The highest BCUT2D eigenvalue weighted by Gasteiger charge is 2.23. The number of nitrogens with one attached hydrogen (secondary N) is 1. The molecule has 1 fully saturated rings. The lowest BCUT2D eigenvalue weighted by molar-refractivity contribution is -0.638. The number of aromatic nitrogens is 3. The molecular formula is C14H14N4O2. The van der Waals surface area contributed by atoms with Gasteiger partial charge in [-0.3, -0.25) is 0 Å². The van der Waals surface area contributed by atoms with Crippen LogP contribution in [0.1, 0.15) is 0 Å². The van der Waals surface area contributed by atoms with Gasteiger partial charge < -0.3 is 19.8 Å². The van der Waals surface area contributed by atoms with Crippen molar-refractivity contribution in [2.75, 3.05) is 31.2 Å². The predicted octanol–water partition coefficient (Wildman–Crippen LogP) is 1.19. The number of pyridine rings is 1. The average molecular weight is 270 g/mol. The van der Waals surface area contributed by atoms with E-state index < -0.39 is 0 Å². The number of ether oxygens (including phenoxy) is 1. The van der Waals surface area contributed by atoms with Crippen molar-refractivity contribution in [3.05, 3.63) is 35.7 Å². The van der Waals surface area contributed by atoms with Gasteiger partial charge in [0.1, 0.15) is 0 Å². The van der Waals surface area contributed by atoms with Crippen LogP contribution in [0.3, 0.4) is 0 Å². The number of morpholine rings is 1. The molecule has 3 heterocycles. The zero-order valence-corrected chi connectivity index (χ0v) is 10.9. The lowest BCUT2D eigenvalue weighted by Crippen LogP contribution is -2.38. The van der Waals surface area contributed by atoms with Crippen molar-refractivity contribution in [3.8, 4) is 0 Å². The molecule has 2 aromatic heterocycles. The van der Waals surface area contributed by atoms with Crippen LogP contribution < -0.4 is 9.75 Å². The molecule has 20 heavy (non-hydrogen) atoms. The van der Waals surface area contributed by atoms with E-state index in [1.165, 1.54) is 0 Å². The van der Waals surface area contributed by atoms with Gasteiger partial charge in [-0.15, -0.1) is 0 Å². The molecular weight excluding hydrogens is 256 g/mol. The summed E-state index contributed by atoms with van der Waals surface area (Å²) in [7, 11) is 0. The molecule has 4 rings (SSSR count). The molecule has 0 radical (unpaired) electrons. The predicted molar refractivity (Wildman–Crippen MR) is 75.6 cm³/mol. The minimum atomic E-state index is 0.599. The molecule has 0 atom stereocenters. The Hall–Kier alpha value is -2.34. The third-order valence-corrected chi connectivity index (χ3v) is 3.72.